The Morgan fingerprint density at radius 1 is 0.971 bits per heavy atom. The normalized spacial score (nSPS) is 12.1. The molecule has 0 aliphatic carbocycles. The number of aryl methyl sites for hydroxylation is 2. The van der Waals surface area contributed by atoms with Crippen molar-refractivity contribution in [2.75, 3.05) is 11.9 Å². The molecule has 4 N–H and O–H groups in total. The van der Waals surface area contributed by atoms with Gasteiger partial charge in [0.25, 0.3) is 5.56 Å². The molecule has 35 heavy (non-hydrogen) atoms. The molecule has 0 bridgehead atoms. The van der Waals surface area contributed by atoms with E-state index in [0.717, 1.165) is 27.7 Å². The second-order valence-corrected chi connectivity index (χ2v) is 8.90. The molecule has 6 heteroatoms. The monoisotopic (exact) mass is 464 g/mol. The molecule has 0 aliphatic heterocycles. The van der Waals surface area contributed by atoms with E-state index in [-0.39, 0.29) is 18.2 Å². The second-order valence-electron chi connectivity index (χ2n) is 8.90. The lowest BCUT2D eigenvalue weighted by Gasteiger charge is -2.19. The Balaban J connectivity index is 1.54. The molecule has 5 rings (SSSR count). The average Bonchev–Trinajstić information content (AvgIpc) is 3.29. The third kappa shape index (κ3) is 4.61. The van der Waals surface area contributed by atoms with Crippen LogP contribution in [0.2, 0.25) is 0 Å². The molecule has 2 aromatic heterocycles. The molecular weight excluding hydrogens is 436 g/mol. The fraction of sp³-hybridized carbons (Fsp3) is 0.172. The Labute approximate surface area is 203 Å². The van der Waals surface area contributed by atoms with Crippen molar-refractivity contribution >= 4 is 16.7 Å². The van der Waals surface area contributed by atoms with Gasteiger partial charge in [-0.2, -0.15) is 0 Å². The van der Waals surface area contributed by atoms with E-state index in [1.807, 2.05) is 55.5 Å². The molecule has 176 valence electrons. The molecule has 0 aliphatic rings. The van der Waals surface area contributed by atoms with Gasteiger partial charge in [0.05, 0.1) is 29.4 Å². The van der Waals surface area contributed by atoms with Crippen LogP contribution < -0.4 is 10.9 Å². The standard InChI is InChI=1S/C29H28N4O2/c1-18-8-6-7-11-23(18)21-14-19(2)27-25(16-21)32-28(33-27)26-24(12-13-30-29(26)35)31-22(17-34)15-20-9-4-3-5-10-20/h3-14,16,22,34H,15,17H2,1-2H3,(H,32,33)(H2,30,31,35). The van der Waals surface area contributed by atoms with E-state index >= 15 is 0 Å². The van der Waals surface area contributed by atoms with Crippen molar-refractivity contribution in [1.82, 2.24) is 15.0 Å². The third-order valence-corrected chi connectivity index (χ3v) is 6.34. The van der Waals surface area contributed by atoms with Gasteiger partial charge in [-0.25, -0.2) is 4.98 Å². The number of aromatic nitrogens is 3. The van der Waals surface area contributed by atoms with E-state index in [1.165, 1.54) is 11.1 Å². The predicted molar refractivity (Wildman–Crippen MR) is 142 cm³/mol. The molecule has 2 heterocycles. The van der Waals surface area contributed by atoms with Crippen LogP contribution in [0.25, 0.3) is 33.5 Å². The lowest BCUT2D eigenvalue weighted by molar-refractivity contribution is 0.274. The minimum atomic E-state index is -0.253. The van der Waals surface area contributed by atoms with Crippen LogP contribution in [0.4, 0.5) is 5.69 Å². The highest BCUT2D eigenvalue weighted by Gasteiger charge is 2.18. The van der Waals surface area contributed by atoms with E-state index in [0.29, 0.717) is 23.5 Å². The largest absolute Gasteiger partial charge is 0.394 e. The van der Waals surface area contributed by atoms with Gasteiger partial charge in [0, 0.05) is 6.20 Å². The zero-order chi connectivity index (χ0) is 24.4. The number of fused-ring (bicyclic) bond motifs is 1. The SMILES string of the molecule is Cc1ccccc1-c1cc(C)c2nc(-c3c(NC(CO)Cc4ccccc4)cc[nH]c3=O)[nH]c2c1. The summed E-state index contributed by atoms with van der Waals surface area (Å²) in [5, 5.41) is 13.4. The zero-order valence-electron chi connectivity index (χ0n) is 19.8. The minimum absolute atomic E-state index is 0.0693. The van der Waals surface area contributed by atoms with Gasteiger partial charge in [-0.1, -0.05) is 54.6 Å². The molecule has 0 fully saturated rings. The van der Waals surface area contributed by atoms with Gasteiger partial charge in [-0.3, -0.25) is 4.79 Å². The lowest BCUT2D eigenvalue weighted by atomic mass is 9.98. The van der Waals surface area contributed by atoms with Crippen LogP contribution in [0.1, 0.15) is 16.7 Å². The first-order chi connectivity index (χ1) is 17.0. The van der Waals surface area contributed by atoms with Crippen LogP contribution in [0, 0.1) is 13.8 Å². The number of rotatable bonds is 7. The van der Waals surface area contributed by atoms with Gasteiger partial charge >= 0.3 is 0 Å². The number of aliphatic hydroxyl groups excluding tert-OH is 1. The van der Waals surface area contributed by atoms with Crippen LogP contribution in [0.15, 0.2) is 83.8 Å². The number of aliphatic hydroxyl groups is 1. The van der Waals surface area contributed by atoms with E-state index in [1.54, 1.807) is 6.20 Å². The second kappa shape index (κ2) is 9.60. The van der Waals surface area contributed by atoms with Crippen molar-refractivity contribution < 1.29 is 5.11 Å². The van der Waals surface area contributed by atoms with Crippen molar-refractivity contribution in [3.8, 4) is 22.5 Å². The van der Waals surface area contributed by atoms with Crippen LogP contribution in [0.5, 0.6) is 0 Å². The van der Waals surface area contributed by atoms with E-state index in [2.05, 4.69) is 46.5 Å². The Hall–Kier alpha value is -4.16. The van der Waals surface area contributed by atoms with Gasteiger partial charge in [-0.15, -0.1) is 0 Å². The molecule has 0 amide bonds. The summed E-state index contributed by atoms with van der Waals surface area (Å²) in [4.78, 5) is 23.9. The van der Waals surface area contributed by atoms with Crippen molar-refractivity contribution in [1.29, 1.82) is 0 Å². The molecule has 0 spiro atoms. The number of H-pyrrole nitrogens is 2. The van der Waals surface area contributed by atoms with Gasteiger partial charge < -0.3 is 20.4 Å². The molecule has 6 nitrogen and oxygen atoms in total. The number of hydrogen-bond acceptors (Lipinski definition) is 4. The maximum Gasteiger partial charge on any atom is 0.261 e. The Bertz CT molecular complexity index is 1540. The number of aromatic amines is 2. The lowest BCUT2D eigenvalue weighted by Crippen LogP contribution is -2.28. The van der Waals surface area contributed by atoms with Crippen molar-refractivity contribution in [3.63, 3.8) is 0 Å². The molecule has 5 aromatic rings. The number of imidazole rings is 1. The van der Waals surface area contributed by atoms with Crippen LogP contribution in [0.3, 0.4) is 0 Å². The maximum absolute atomic E-state index is 12.9. The first-order valence-corrected chi connectivity index (χ1v) is 11.7. The van der Waals surface area contributed by atoms with Crippen molar-refractivity contribution in [2.24, 2.45) is 0 Å². The fourth-order valence-electron chi connectivity index (χ4n) is 4.57. The number of pyridine rings is 1. The van der Waals surface area contributed by atoms with Crippen LogP contribution >= 0.6 is 0 Å². The molecule has 0 saturated carbocycles. The van der Waals surface area contributed by atoms with E-state index < -0.39 is 0 Å². The summed E-state index contributed by atoms with van der Waals surface area (Å²) < 4.78 is 0. The molecule has 1 atom stereocenters. The van der Waals surface area contributed by atoms with Gasteiger partial charge in [-0.05, 0) is 66.3 Å². The minimum Gasteiger partial charge on any atom is -0.394 e. The average molecular weight is 465 g/mol. The highest BCUT2D eigenvalue weighted by molar-refractivity contribution is 5.89. The topological polar surface area (TPSA) is 93.8 Å². The van der Waals surface area contributed by atoms with Crippen molar-refractivity contribution in [3.05, 3.63) is 106 Å². The zero-order valence-corrected chi connectivity index (χ0v) is 19.8. The molecular formula is C29H28N4O2. The number of nitrogens with one attached hydrogen (secondary N) is 3. The van der Waals surface area contributed by atoms with Gasteiger partial charge in [0.1, 0.15) is 11.4 Å². The van der Waals surface area contributed by atoms with Gasteiger partial charge in [0.2, 0.25) is 0 Å². The summed E-state index contributed by atoms with van der Waals surface area (Å²) in [6.45, 7) is 4.06. The maximum atomic E-state index is 12.9. The third-order valence-electron chi connectivity index (χ3n) is 6.34. The molecule has 0 radical (unpaired) electrons. The summed E-state index contributed by atoms with van der Waals surface area (Å²) >= 11 is 0. The Morgan fingerprint density at radius 2 is 1.74 bits per heavy atom. The predicted octanol–water partition coefficient (Wildman–Crippen LogP) is 5.22. The number of anilines is 1. The number of hydrogen-bond donors (Lipinski definition) is 4. The van der Waals surface area contributed by atoms with Crippen LogP contribution in [-0.2, 0) is 6.42 Å². The molecule has 0 saturated heterocycles. The highest BCUT2D eigenvalue weighted by atomic mass is 16.3. The fourth-order valence-corrected chi connectivity index (χ4v) is 4.57. The summed E-state index contributed by atoms with van der Waals surface area (Å²) in [6.07, 6.45) is 2.23. The summed E-state index contributed by atoms with van der Waals surface area (Å²) in [6, 6.07) is 24.0. The summed E-state index contributed by atoms with van der Waals surface area (Å²) in [5.74, 6) is 0.491. The molecule has 1 unspecified atom stereocenters. The Kier molecular flexibility index (Phi) is 6.21. The first kappa shape index (κ1) is 22.6. The molecule has 3 aromatic carbocycles. The first-order valence-electron chi connectivity index (χ1n) is 11.7. The van der Waals surface area contributed by atoms with Gasteiger partial charge in [0.15, 0.2) is 0 Å². The summed E-state index contributed by atoms with van der Waals surface area (Å²) in [5.41, 5.74) is 8.10. The van der Waals surface area contributed by atoms with E-state index in [4.69, 9.17) is 4.98 Å². The number of nitrogens with zero attached hydrogens (tertiary/aromatic N) is 1. The van der Waals surface area contributed by atoms with Crippen molar-refractivity contribution in [2.45, 2.75) is 26.3 Å². The highest BCUT2D eigenvalue weighted by Crippen LogP contribution is 2.31. The Morgan fingerprint density at radius 3 is 2.51 bits per heavy atom. The van der Waals surface area contributed by atoms with E-state index in [9.17, 15) is 9.90 Å². The smallest absolute Gasteiger partial charge is 0.261 e. The quantitative estimate of drug-likeness (QED) is 0.266. The summed E-state index contributed by atoms with van der Waals surface area (Å²) in [7, 11) is 0. The number of benzene rings is 3. The van der Waals surface area contributed by atoms with Crippen LogP contribution in [-0.4, -0.2) is 32.7 Å².